The highest BCUT2D eigenvalue weighted by atomic mass is 16.5. The summed E-state index contributed by atoms with van der Waals surface area (Å²) >= 11 is 0. The van der Waals surface area contributed by atoms with Crippen LogP contribution in [0.4, 0.5) is 0 Å². The second kappa shape index (κ2) is 10.3. The maximum Gasteiger partial charge on any atom is 0.153 e. The lowest BCUT2D eigenvalue weighted by Crippen LogP contribution is -2.00. The van der Waals surface area contributed by atoms with Crippen LogP contribution in [0.25, 0.3) is 0 Å². The summed E-state index contributed by atoms with van der Waals surface area (Å²) in [5, 5.41) is 0. The minimum atomic E-state index is 0.548. The second-order valence-corrected chi connectivity index (χ2v) is 4.99. The Balaban J connectivity index is 2.23. The number of benzene rings is 1. The maximum absolute atomic E-state index is 11.0. The molecule has 0 aliphatic rings. The summed E-state index contributed by atoms with van der Waals surface area (Å²) in [5.41, 5.74) is 0.548. The fraction of sp³-hybridized carbons (Fsp3) is 0.588. The Bertz CT molecular complexity index is 388. The number of ether oxygens (including phenoxy) is 2. The van der Waals surface area contributed by atoms with Crippen molar-refractivity contribution in [3.05, 3.63) is 23.8 Å². The molecule has 3 nitrogen and oxygen atoms in total. The lowest BCUT2D eigenvalue weighted by Gasteiger charge is -2.09. The van der Waals surface area contributed by atoms with E-state index in [-0.39, 0.29) is 0 Å². The van der Waals surface area contributed by atoms with Gasteiger partial charge in [-0.05, 0) is 24.6 Å². The summed E-state index contributed by atoms with van der Waals surface area (Å²) in [4.78, 5) is 11.0. The summed E-state index contributed by atoms with van der Waals surface area (Å²) in [7, 11) is 1.59. The van der Waals surface area contributed by atoms with E-state index in [0.717, 1.165) is 12.7 Å². The van der Waals surface area contributed by atoms with E-state index >= 15 is 0 Å². The number of carbonyl (C=O) groups excluding carboxylic acids is 1. The first-order chi connectivity index (χ1) is 9.81. The van der Waals surface area contributed by atoms with Crippen molar-refractivity contribution < 1.29 is 14.3 Å². The summed E-state index contributed by atoms with van der Waals surface area (Å²) < 4.78 is 10.8. The summed E-state index contributed by atoms with van der Waals surface area (Å²) in [6, 6.07) is 5.31. The van der Waals surface area contributed by atoms with E-state index in [4.69, 9.17) is 9.47 Å². The monoisotopic (exact) mass is 278 g/mol. The van der Waals surface area contributed by atoms with Gasteiger partial charge in [-0.25, -0.2) is 0 Å². The molecule has 0 unspecified atom stereocenters. The molecule has 0 saturated heterocycles. The van der Waals surface area contributed by atoms with E-state index in [1.165, 1.54) is 38.5 Å². The van der Waals surface area contributed by atoms with Crippen molar-refractivity contribution in [1.82, 2.24) is 0 Å². The van der Waals surface area contributed by atoms with Gasteiger partial charge in [0, 0.05) is 0 Å². The molecule has 1 rings (SSSR count). The molecule has 1 aromatic carbocycles. The highest BCUT2D eigenvalue weighted by Gasteiger charge is 2.04. The smallest absolute Gasteiger partial charge is 0.153 e. The number of unbranched alkanes of at least 4 members (excludes halogenated alkanes) is 6. The molecule has 112 valence electrons. The maximum atomic E-state index is 11.0. The van der Waals surface area contributed by atoms with Gasteiger partial charge in [0.1, 0.15) is 11.5 Å². The zero-order valence-corrected chi connectivity index (χ0v) is 12.7. The highest BCUT2D eigenvalue weighted by molar-refractivity contribution is 5.80. The molecule has 0 aliphatic carbocycles. The average Bonchev–Trinajstić information content (AvgIpc) is 2.50. The highest BCUT2D eigenvalue weighted by Crippen LogP contribution is 2.23. The standard InChI is InChI=1S/C17H26O3/c1-3-4-5-6-7-8-9-12-20-17-11-10-16(19-2)13-15(17)14-18/h10-11,13-14H,3-9,12H2,1-2H3. The van der Waals surface area contributed by atoms with Crippen molar-refractivity contribution in [2.45, 2.75) is 51.9 Å². The number of aldehydes is 1. The molecule has 0 N–H and O–H groups in total. The number of hydrogen-bond acceptors (Lipinski definition) is 3. The summed E-state index contributed by atoms with van der Waals surface area (Å²) in [6.07, 6.45) is 9.59. The molecule has 0 atom stereocenters. The van der Waals surface area contributed by atoms with Gasteiger partial charge in [-0.2, -0.15) is 0 Å². The third-order valence-corrected chi connectivity index (χ3v) is 3.35. The Kier molecular flexibility index (Phi) is 8.52. The van der Waals surface area contributed by atoms with Gasteiger partial charge in [0.05, 0.1) is 19.3 Å². The third-order valence-electron chi connectivity index (χ3n) is 3.35. The molecule has 0 spiro atoms. The molecule has 0 amide bonds. The Morgan fingerprint density at radius 2 is 1.75 bits per heavy atom. The van der Waals surface area contributed by atoms with Gasteiger partial charge in [-0.1, -0.05) is 45.4 Å². The molecule has 0 radical (unpaired) electrons. The van der Waals surface area contributed by atoms with E-state index in [9.17, 15) is 4.79 Å². The van der Waals surface area contributed by atoms with Gasteiger partial charge < -0.3 is 9.47 Å². The molecule has 0 aromatic heterocycles. The van der Waals surface area contributed by atoms with Crippen molar-refractivity contribution in [2.24, 2.45) is 0 Å². The fourth-order valence-corrected chi connectivity index (χ4v) is 2.12. The molecule has 0 bridgehead atoms. The molecule has 0 saturated carbocycles. The SMILES string of the molecule is CCCCCCCCCOc1ccc(OC)cc1C=O. The minimum Gasteiger partial charge on any atom is -0.497 e. The molecule has 0 fully saturated rings. The lowest BCUT2D eigenvalue weighted by atomic mass is 10.1. The predicted molar refractivity (Wildman–Crippen MR) is 81.9 cm³/mol. The van der Waals surface area contributed by atoms with Crippen molar-refractivity contribution in [3.63, 3.8) is 0 Å². The first kappa shape index (κ1) is 16.5. The molecular formula is C17H26O3. The number of carbonyl (C=O) groups is 1. The Morgan fingerprint density at radius 1 is 1.05 bits per heavy atom. The van der Waals surface area contributed by atoms with E-state index in [1.807, 2.05) is 6.07 Å². The Hall–Kier alpha value is -1.51. The van der Waals surface area contributed by atoms with Crippen LogP contribution in [0.5, 0.6) is 11.5 Å². The molecular weight excluding hydrogens is 252 g/mol. The van der Waals surface area contributed by atoms with Gasteiger partial charge in [-0.3, -0.25) is 4.79 Å². The van der Waals surface area contributed by atoms with Crippen LogP contribution >= 0.6 is 0 Å². The van der Waals surface area contributed by atoms with Crippen LogP contribution < -0.4 is 9.47 Å². The van der Waals surface area contributed by atoms with Crippen LogP contribution in [-0.2, 0) is 0 Å². The zero-order chi connectivity index (χ0) is 14.6. The number of hydrogen-bond donors (Lipinski definition) is 0. The van der Waals surface area contributed by atoms with Crippen LogP contribution in [0.3, 0.4) is 0 Å². The van der Waals surface area contributed by atoms with Crippen LogP contribution in [0.2, 0.25) is 0 Å². The predicted octanol–water partition coefficient (Wildman–Crippen LogP) is 4.64. The van der Waals surface area contributed by atoms with Crippen LogP contribution in [0.15, 0.2) is 18.2 Å². The van der Waals surface area contributed by atoms with Crippen LogP contribution in [0.1, 0.15) is 62.2 Å². The molecule has 0 heterocycles. The first-order valence-corrected chi connectivity index (χ1v) is 7.57. The van der Waals surface area contributed by atoms with E-state index < -0.39 is 0 Å². The van der Waals surface area contributed by atoms with Crippen molar-refractivity contribution in [1.29, 1.82) is 0 Å². The van der Waals surface area contributed by atoms with E-state index in [1.54, 1.807) is 19.2 Å². The molecule has 20 heavy (non-hydrogen) atoms. The molecule has 1 aromatic rings. The molecule has 0 aliphatic heterocycles. The van der Waals surface area contributed by atoms with E-state index in [2.05, 4.69) is 6.92 Å². The minimum absolute atomic E-state index is 0.548. The van der Waals surface area contributed by atoms with Crippen LogP contribution in [-0.4, -0.2) is 20.0 Å². The Morgan fingerprint density at radius 3 is 2.40 bits per heavy atom. The topological polar surface area (TPSA) is 35.5 Å². The van der Waals surface area contributed by atoms with Gasteiger partial charge in [0.25, 0.3) is 0 Å². The lowest BCUT2D eigenvalue weighted by molar-refractivity contribution is 0.111. The average molecular weight is 278 g/mol. The number of methoxy groups -OCH3 is 1. The van der Waals surface area contributed by atoms with Crippen molar-refractivity contribution in [2.75, 3.05) is 13.7 Å². The van der Waals surface area contributed by atoms with Crippen molar-refractivity contribution >= 4 is 6.29 Å². The fourth-order valence-electron chi connectivity index (χ4n) is 2.12. The first-order valence-electron chi connectivity index (χ1n) is 7.57. The summed E-state index contributed by atoms with van der Waals surface area (Å²) in [5.74, 6) is 1.32. The van der Waals surface area contributed by atoms with Gasteiger partial charge in [-0.15, -0.1) is 0 Å². The van der Waals surface area contributed by atoms with E-state index in [0.29, 0.717) is 23.7 Å². The van der Waals surface area contributed by atoms with Crippen LogP contribution in [0, 0.1) is 0 Å². The summed E-state index contributed by atoms with van der Waals surface area (Å²) in [6.45, 7) is 2.90. The largest absolute Gasteiger partial charge is 0.497 e. The zero-order valence-electron chi connectivity index (χ0n) is 12.7. The van der Waals surface area contributed by atoms with Gasteiger partial charge in [0.15, 0.2) is 6.29 Å². The van der Waals surface area contributed by atoms with Gasteiger partial charge >= 0.3 is 0 Å². The normalized spacial score (nSPS) is 10.3. The van der Waals surface area contributed by atoms with Gasteiger partial charge in [0.2, 0.25) is 0 Å². The second-order valence-electron chi connectivity index (χ2n) is 4.99. The quantitative estimate of drug-likeness (QED) is 0.437. The van der Waals surface area contributed by atoms with Crippen molar-refractivity contribution in [3.8, 4) is 11.5 Å². The number of rotatable bonds is 11. The third kappa shape index (κ3) is 6.09. The molecule has 3 heteroatoms. The Labute approximate surface area is 122 Å².